The molecule has 3 rings (SSSR count). The third-order valence-electron chi connectivity index (χ3n) is 4.22. The van der Waals surface area contributed by atoms with Gasteiger partial charge < -0.3 is 5.32 Å². The van der Waals surface area contributed by atoms with Crippen LogP contribution in [0.5, 0.6) is 0 Å². The summed E-state index contributed by atoms with van der Waals surface area (Å²) in [6, 6.07) is 13.6. The van der Waals surface area contributed by atoms with Gasteiger partial charge in [0.05, 0.1) is 11.9 Å². The Hall–Kier alpha value is -3.08. The molecule has 0 bridgehead atoms. The molecule has 0 atom stereocenters. The Morgan fingerprint density at radius 1 is 1.15 bits per heavy atom. The van der Waals surface area contributed by atoms with Gasteiger partial charge in [0.15, 0.2) is 5.82 Å². The van der Waals surface area contributed by atoms with E-state index < -0.39 is 0 Å². The zero-order valence-electron chi connectivity index (χ0n) is 15.6. The average molecular weight is 348 g/mol. The zero-order valence-corrected chi connectivity index (χ0v) is 15.6. The number of benzene rings is 1. The van der Waals surface area contributed by atoms with Crippen LogP contribution in [0, 0.1) is 6.92 Å². The highest BCUT2D eigenvalue weighted by Crippen LogP contribution is 2.24. The fourth-order valence-electron chi connectivity index (χ4n) is 2.69. The highest BCUT2D eigenvalue weighted by Gasteiger charge is 2.13. The minimum atomic E-state index is -0.126. The molecule has 134 valence electrons. The normalized spacial score (nSPS) is 11.4. The first-order chi connectivity index (χ1) is 12.2. The predicted octanol–water partition coefficient (Wildman–Crippen LogP) is 4.25. The van der Waals surface area contributed by atoms with Gasteiger partial charge in [-0.05, 0) is 35.6 Å². The molecule has 2 heterocycles. The molecule has 2 N–H and O–H groups in total. The SMILES string of the molecule is C=C(Nc1ccc(-n2[nH]c(C)cc2=O)nc1)c1ccc(C(C)(C)C)cc1. The third-order valence-corrected chi connectivity index (χ3v) is 4.22. The summed E-state index contributed by atoms with van der Waals surface area (Å²) in [5.41, 5.74) is 4.72. The smallest absolute Gasteiger partial charge is 0.272 e. The molecule has 0 aliphatic heterocycles. The summed E-state index contributed by atoms with van der Waals surface area (Å²) >= 11 is 0. The second-order valence-corrected chi connectivity index (χ2v) is 7.45. The Bertz CT molecular complexity index is 971. The molecular weight excluding hydrogens is 324 g/mol. The van der Waals surface area contributed by atoms with Crippen LogP contribution in [0.2, 0.25) is 0 Å². The molecule has 0 radical (unpaired) electrons. The van der Waals surface area contributed by atoms with Crippen molar-refractivity contribution in [2.24, 2.45) is 0 Å². The number of nitrogens with one attached hydrogen (secondary N) is 2. The van der Waals surface area contributed by atoms with Gasteiger partial charge in [-0.25, -0.2) is 9.67 Å². The highest BCUT2D eigenvalue weighted by atomic mass is 16.1. The summed E-state index contributed by atoms with van der Waals surface area (Å²) in [5.74, 6) is 0.550. The van der Waals surface area contributed by atoms with Crippen LogP contribution in [0.1, 0.15) is 37.6 Å². The zero-order chi connectivity index (χ0) is 18.9. The van der Waals surface area contributed by atoms with Crippen molar-refractivity contribution in [3.05, 3.63) is 82.4 Å². The van der Waals surface area contributed by atoms with E-state index in [9.17, 15) is 4.79 Å². The molecule has 0 fully saturated rings. The van der Waals surface area contributed by atoms with Crippen LogP contribution in [0.3, 0.4) is 0 Å². The van der Waals surface area contributed by atoms with Crippen LogP contribution < -0.4 is 10.9 Å². The number of anilines is 1. The summed E-state index contributed by atoms with van der Waals surface area (Å²) < 4.78 is 1.42. The second kappa shape index (κ2) is 6.67. The molecule has 0 amide bonds. The van der Waals surface area contributed by atoms with Crippen molar-refractivity contribution in [2.45, 2.75) is 33.1 Å². The molecule has 0 saturated heterocycles. The van der Waals surface area contributed by atoms with Crippen LogP contribution in [0.4, 0.5) is 5.69 Å². The van der Waals surface area contributed by atoms with Crippen molar-refractivity contribution in [3.63, 3.8) is 0 Å². The lowest BCUT2D eigenvalue weighted by Crippen LogP contribution is -2.14. The van der Waals surface area contributed by atoms with Crippen molar-refractivity contribution in [2.75, 3.05) is 5.32 Å². The topological polar surface area (TPSA) is 62.7 Å². The number of H-pyrrole nitrogens is 1. The van der Waals surface area contributed by atoms with E-state index in [1.54, 1.807) is 12.3 Å². The first-order valence-electron chi connectivity index (χ1n) is 8.56. The number of hydrogen-bond donors (Lipinski definition) is 2. The minimum Gasteiger partial charge on any atom is -0.354 e. The highest BCUT2D eigenvalue weighted by molar-refractivity contribution is 5.75. The molecule has 0 unspecified atom stereocenters. The van der Waals surface area contributed by atoms with E-state index in [1.165, 1.54) is 16.3 Å². The molecule has 0 aliphatic carbocycles. The molecule has 1 aromatic carbocycles. The number of pyridine rings is 1. The van der Waals surface area contributed by atoms with Gasteiger partial charge in [-0.2, -0.15) is 0 Å². The number of aromatic nitrogens is 3. The quantitative estimate of drug-likeness (QED) is 0.741. The Balaban J connectivity index is 1.74. The maximum Gasteiger partial charge on any atom is 0.272 e. The van der Waals surface area contributed by atoms with Gasteiger partial charge in [-0.3, -0.25) is 9.89 Å². The molecule has 0 aliphatic rings. The maximum atomic E-state index is 11.8. The van der Waals surface area contributed by atoms with Gasteiger partial charge in [0.25, 0.3) is 5.56 Å². The molecule has 0 spiro atoms. The van der Waals surface area contributed by atoms with Gasteiger partial charge in [0.1, 0.15) is 0 Å². The molecule has 3 aromatic rings. The van der Waals surface area contributed by atoms with E-state index in [0.717, 1.165) is 22.6 Å². The van der Waals surface area contributed by atoms with Crippen LogP contribution in [0.25, 0.3) is 11.5 Å². The van der Waals surface area contributed by atoms with Crippen LogP contribution in [-0.2, 0) is 5.41 Å². The van der Waals surface area contributed by atoms with Crippen molar-refractivity contribution in [3.8, 4) is 5.82 Å². The lowest BCUT2D eigenvalue weighted by atomic mass is 9.86. The van der Waals surface area contributed by atoms with E-state index in [4.69, 9.17) is 0 Å². The average Bonchev–Trinajstić information content (AvgIpc) is 2.93. The molecule has 5 nitrogen and oxygen atoms in total. The first-order valence-corrected chi connectivity index (χ1v) is 8.56. The van der Waals surface area contributed by atoms with Gasteiger partial charge in [0, 0.05) is 17.5 Å². The summed E-state index contributed by atoms with van der Waals surface area (Å²) in [6.07, 6.45) is 1.69. The monoisotopic (exact) mass is 348 g/mol. The number of aromatic amines is 1. The largest absolute Gasteiger partial charge is 0.354 e. The minimum absolute atomic E-state index is 0.126. The Labute approximate surface area is 153 Å². The van der Waals surface area contributed by atoms with Crippen LogP contribution >= 0.6 is 0 Å². The lowest BCUT2D eigenvalue weighted by Gasteiger charge is -2.19. The molecular formula is C21H24N4O. The van der Waals surface area contributed by atoms with E-state index in [-0.39, 0.29) is 11.0 Å². The number of hydrogen-bond acceptors (Lipinski definition) is 3. The van der Waals surface area contributed by atoms with E-state index in [0.29, 0.717) is 5.82 Å². The number of aryl methyl sites for hydroxylation is 1. The fraction of sp³-hybridized carbons (Fsp3) is 0.238. The van der Waals surface area contributed by atoms with Gasteiger partial charge in [-0.1, -0.05) is 51.6 Å². The van der Waals surface area contributed by atoms with E-state index in [2.05, 4.69) is 67.0 Å². The van der Waals surface area contributed by atoms with Crippen molar-refractivity contribution >= 4 is 11.4 Å². The second-order valence-electron chi connectivity index (χ2n) is 7.45. The van der Waals surface area contributed by atoms with Crippen molar-refractivity contribution < 1.29 is 0 Å². The molecule has 5 heteroatoms. The standard InChI is InChI=1S/C21H24N4O/c1-14-12-20(26)25(24-14)19-11-10-18(13-22-19)23-15(2)16-6-8-17(9-7-16)21(3,4)5/h6-13,23-24H,2H2,1,3-5H3. The van der Waals surface area contributed by atoms with Crippen molar-refractivity contribution in [1.82, 2.24) is 14.8 Å². The van der Waals surface area contributed by atoms with Crippen LogP contribution in [0.15, 0.2) is 60.0 Å². The van der Waals surface area contributed by atoms with Crippen LogP contribution in [-0.4, -0.2) is 14.8 Å². The maximum absolute atomic E-state index is 11.8. The Morgan fingerprint density at radius 2 is 1.85 bits per heavy atom. The Kier molecular flexibility index (Phi) is 4.55. The summed E-state index contributed by atoms with van der Waals surface area (Å²) in [6.45, 7) is 12.5. The molecule has 0 saturated carbocycles. The summed E-state index contributed by atoms with van der Waals surface area (Å²) in [5, 5.41) is 6.23. The van der Waals surface area contributed by atoms with E-state index in [1.807, 2.05) is 13.0 Å². The number of nitrogens with zero attached hydrogens (tertiary/aromatic N) is 2. The molecule has 26 heavy (non-hydrogen) atoms. The number of rotatable bonds is 4. The third kappa shape index (κ3) is 3.77. The lowest BCUT2D eigenvalue weighted by molar-refractivity contribution is 0.590. The van der Waals surface area contributed by atoms with Gasteiger partial charge >= 0.3 is 0 Å². The molecule has 2 aromatic heterocycles. The first kappa shape index (κ1) is 17.7. The summed E-state index contributed by atoms with van der Waals surface area (Å²) in [7, 11) is 0. The van der Waals surface area contributed by atoms with Crippen molar-refractivity contribution in [1.29, 1.82) is 0 Å². The predicted molar refractivity (Wildman–Crippen MR) is 107 cm³/mol. The fourth-order valence-corrected chi connectivity index (χ4v) is 2.69. The van der Waals surface area contributed by atoms with Gasteiger partial charge in [0.2, 0.25) is 0 Å². The van der Waals surface area contributed by atoms with Gasteiger partial charge in [-0.15, -0.1) is 0 Å². The summed E-state index contributed by atoms with van der Waals surface area (Å²) in [4.78, 5) is 16.2. The van der Waals surface area contributed by atoms with E-state index >= 15 is 0 Å². The Morgan fingerprint density at radius 3 is 2.35 bits per heavy atom.